The van der Waals surface area contributed by atoms with Crippen molar-refractivity contribution >= 4 is 50.6 Å². The first-order valence-electron chi connectivity index (χ1n) is 13.4. The van der Waals surface area contributed by atoms with Gasteiger partial charge in [0.25, 0.3) is 0 Å². The second kappa shape index (κ2) is 11.5. The molecule has 0 radical (unpaired) electrons. The van der Waals surface area contributed by atoms with E-state index in [0.717, 1.165) is 12.1 Å². The molecule has 6 rings (SSSR count). The lowest BCUT2D eigenvalue weighted by molar-refractivity contribution is -0.137. The Labute approximate surface area is 257 Å². The molecule has 0 bridgehead atoms. The first-order valence-corrected chi connectivity index (χ1v) is 13.8. The Morgan fingerprint density at radius 3 is 1.53 bits per heavy atom. The number of hydrogen-bond acceptors (Lipinski definition) is 7. The second-order valence-corrected chi connectivity index (χ2v) is 10.4. The number of para-hydroxylation sites is 2. The van der Waals surface area contributed by atoms with Crippen LogP contribution in [0.15, 0.2) is 115 Å². The fourth-order valence-corrected chi connectivity index (χ4v) is 5.31. The van der Waals surface area contributed by atoms with Crippen LogP contribution in [0.2, 0.25) is 0 Å². The molecule has 0 fully saturated rings. The van der Waals surface area contributed by atoms with E-state index in [9.17, 15) is 33.0 Å². The zero-order valence-electron chi connectivity index (χ0n) is 22.9. The molecule has 0 atom stereocenters. The minimum absolute atomic E-state index is 0.0831. The van der Waals surface area contributed by atoms with Gasteiger partial charge < -0.3 is 29.7 Å². The van der Waals surface area contributed by atoms with Crippen molar-refractivity contribution < 1.29 is 32.2 Å². The Bertz CT molecular complexity index is 2090. The highest BCUT2D eigenvalue weighted by Crippen LogP contribution is 2.42. The molecule has 226 valence electrons. The third-order valence-electron chi connectivity index (χ3n) is 7.19. The molecule has 0 aliphatic rings. The zero-order valence-corrected chi connectivity index (χ0v) is 23.7. The van der Waals surface area contributed by atoms with Crippen LogP contribution in [-0.4, -0.2) is 15.3 Å². The number of halogens is 3. The van der Waals surface area contributed by atoms with E-state index in [1.807, 2.05) is 0 Å². The number of aromatic hydroxyl groups is 2. The molecule has 0 spiro atoms. The first-order chi connectivity index (χ1) is 21.5. The summed E-state index contributed by atoms with van der Waals surface area (Å²) in [6.45, 7) is 0. The van der Waals surface area contributed by atoms with Gasteiger partial charge >= 0.3 is 17.4 Å². The molecule has 0 saturated heterocycles. The van der Waals surface area contributed by atoms with E-state index in [1.165, 1.54) is 24.3 Å². The van der Waals surface area contributed by atoms with Crippen molar-refractivity contribution in [2.45, 2.75) is 12.1 Å². The van der Waals surface area contributed by atoms with Gasteiger partial charge in [0.05, 0.1) is 33.4 Å². The average Bonchev–Trinajstić information content (AvgIpc) is 3.00. The SMILES string of the molecule is O=c1oc2ccccc2c(O)c1C(c1ccc(NC(=S)Nc2ccc(C(F)(F)F)cc2)cc1)c1c(O)c2ccccc2oc1=O. The molecule has 0 unspecified atom stereocenters. The fourth-order valence-electron chi connectivity index (χ4n) is 5.08. The number of thiocarbonyl (C=S) groups is 1. The maximum Gasteiger partial charge on any atom is 0.416 e. The van der Waals surface area contributed by atoms with Crippen LogP contribution in [0.25, 0.3) is 21.9 Å². The average molecular weight is 631 g/mol. The molecule has 0 aliphatic heterocycles. The van der Waals surface area contributed by atoms with E-state index in [4.69, 9.17) is 21.1 Å². The van der Waals surface area contributed by atoms with Crippen LogP contribution in [0.5, 0.6) is 11.5 Å². The van der Waals surface area contributed by atoms with Crippen molar-refractivity contribution in [2.24, 2.45) is 0 Å². The summed E-state index contributed by atoms with van der Waals surface area (Å²) in [6, 6.07) is 23.3. The third kappa shape index (κ3) is 5.70. The van der Waals surface area contributed by atoms with Crippen LogP contribution in [0.1, 0.15) is 28.2 Å². The molecule has 2 aromatic heterocycles. The minimum Gasteiger partial charge on any atom is -0.507 e. The summed E-state index contributed by atoms with van der Waals surface area (Å²) >= 11 is 5.30. The summed E-state index contributed by atoms with van der Waals surface area (Å²) in [6.07, 6.45) is -4.47. The molecule has 0 amide bonds. The Hall–Kier alpha value is -5.62. The van der Waals surface area contributed by atoms with E-state index in [2.05, 4.69) is 10.6 Å². The summed E-state index contributed by atoms with van der Waals surface area (Å²) in [5.41, 5.74) is -1.86. The lowest BCUT2D eigenvalue weighted by Crippen LogP contribution is -2.21. The van der Waals surface area contributed by atoms with Gasteiger partial charge in [0, 0.05) is 11.4 Å². The molecule has 8 nitrogen and oxygen atoms in total. The van der Waals surface area contributed by atoms with Crippen LogP contribution in [0, 0.1) is 0 Å². The van der Waals surface area contributed by atoms with Gasteiger partial charge in [0.1, 0.15) is 22.7 Å². The van der Waals surface area contributed by atoms with Crippen molar-refractivity contribution in [2.75, 3.05) is 10.6 Å². The first kappa shape index (κ1) is 29.5. The van der Waals surface area contributed by atoms with Crippen LogP contribution in [0.4, 0.5) is 24.5 Å². The number of benzene rings is 4. The van der Waals surface area contributed by atoms with Gasteiger partial charge in [-0.25, -0.2) is 9.59 Å². The van der Waals surface area contributed by atoms with Gasteiger partial charge in [0.2, 0.25) is 0 Å². The van der Waals surface area contributed by atoms with Crippen LogP contribution in [-0.2, 0) is 6.18 Å². The Morgan fingerprint density at radius 1 is 0.667 bits per heavy atom. The van der Waals surface area contributed by atoms with Gasteiger partial charge in [-0.05, 0) is 78.4 Å². The predicted octanol–water partition coefficient (Wildman–Crippen LogP) is 7.32. The maximum atomic E-state index is 13.3. The van der Waals surface area contributed by atoms with Crippen molar-refractivity contribution in [3.63, 3.8) is 0 Å². The molecule has 4 aromatic carbocycles. The smallest absolute Gasteiger partial charge is 0.416 e. The number of rotatable bonds is 5. The normalized spacial score (nSPS) is 11.6. The maximum absolute atomic E-state index is 13.3. The van der Waals surface area contributed by atoms with Crippen LogP contribution < -0.4 is 21.9 Å². The summed E-state index contributed by atoms with van der Waals surface area (Å²) in [5.74, 6) is -2.18. The number of hydrogen-bond donors (Lipinski definition) is 4. The Kier molecular flexibility index (Phi) is 7.51. The largest absolute Gasteiger partial charge is 0.507 e. The molecule has 0 aliphatic carbocycles. The highest BCUT2D eigenvalue weighted by molar-refractivity contribution is 7.80. The van der Waals surface area contributed by atoms with Crippen molar-refractivity contribution in [3.05, 3.63) is 140 Å². The zero-order chi connectivity index (χ0) is 31.9. The van der Waals surface area contributed by atoms with Gasteiger partial charge in [-0.2, -0.15) is 13.2 Å². The highest BCUT2D eigenvalue weighted by atomic mass is 32.1. The molecule has 45 heavy (non-hydrogen) atoms. The molecule has 4 N–H and O–H groups in total. The van der Waals surface area contributed by atoms with E-state index in [-0.39, 0.29) is 38.2 Å². The van der Waals surface area contributed by atoms with Gasteiger partial charge in [-0.15, -0.1) is 0 Å². The predicted molar refractivity (Wildman–Crippen MR) is 167 cm³/mol. The van der Waals surface area contributed by atoms with E-state index < -0.39 is 40.4 Å². The molecule has 12 heteroatoms. The van der Waals surface area contributed by atoms with Crippen molar-refractivity contribution in [1.29, 1.82) is 0 Å². The minimum atomic E-state index is -4.47. The van der Waals surface area contributed by atoms with Crippen LogP contribution in [0.3, 0.4) is 0 Å². The molecule has 6 aromatic rings. The quantitative estimate of drug-likeness (QED) is 0.115. The van der Waals surface area contributed by atoms with Gasteiger partial charge in [-0.1, -0.05) is 36.4 Å². The molecule has 2 heterocycles. The van der Waals surface area contributed by atoms with Gasteiger partial charge in [0.15, 0.2) is 5.11 Å². The van der Waals surface area contributed by atoms with E-state index >= 15 is 0 Å². The number of alkyl halides is 3. The van der Waals surface area contributed by atoms with E-state index in [0.29, 0.717) is 16.9 Å². The number of nitrogens with one attached hydrogen (secondary N) is 2. The molecule has 0 saturated carbocycles. The van der Waals surface area contributed by atoms with Gasteiger partial charge in [-0.3, -0.25) is 0 Å². The Morgan fingerprint density at radius 2 is 1.09 bits per heavy atom. The van der Waals surface area contributed by atoms with Crippen LogP contribution >= 0.6 is 12.2 Å². The molecular formula is C33H21F3N2O6S. The monoisotopic (exact) mass is 630 g/mol. The fraction of sp³-hybridized carbons (Fsp3) is 0.0606. The Balaban J connectivity index is 1.39. The summed E-state index contributed by atoms with van der Waals surface area (Å²) < 4.78 is 49.6. The second-order valence-electron chi connectivity index (χ2n) is 10.0. The summed E-state index contributed by atoms with van der Waals surface area (Å²) in [4.78, 5) is 26.7. The molecular weight excluding hydrogens is 609 g/mol. The van der Waals surface area contributed by atoms with E-state index in [1.54, 1.807) is 60.7 Å². The lowest BCUT2D eigenvalue weighted by Gasteiger charge is -2.20. The van der Waals surface area contributed by atoms with Crippen molar-refractivity contribution in [1.82, 2.24) is 0 Å². The number of anilines is 2. The summed E-state index contributed by atoms with van der Waals surface area (Å²) in [7, 11) is 0. The van der Waals surface area contributed by atoms with Crippen molar-refractivity contribution in [3.8, 4) is 11.5 Å². The lowest BCUT2D eigenvalue weighted by atomic mass is 9.84. The highest BCUT2D eigenvalue weighted by Gasteiger charge is 2.33. The third-order valence-corrected chi connectivity index (χ3v) is 7.39. The topological polar surface area (TPSA) is 125 Å². The summed E-state index contributed by atoms with van der Waals surface area (Å²) in [5, 5.41) is 28.9. The standard InChI is InChI=1S/C33H21F3N2O6S/c34-33(35,36)18-11-15-20(16-12-18)38-32(45)37-19-13-9-17(10-14-19)25(26-28(39)21-5-1-3-7-23(21)43-30(26)41)27-29(40)22-6-2-4-8-24(22)44-31(27)42/h1-16,25,39-40H,(H2,37,38,45). The number of fused-ring (bicyclic) bond motifs is 2.